The van der Waals surface area contributed by atoms with Gasteiger partial charge in [0.05, 0.1) is 0 Å². The Hall–Kier alpha value is -0.860. The van der Waals surface area contributed by atoms with Crippen LogP contribution < -0.4 is 11.5 Å². The summed E-state index contributed by atoms with van der Waals surface area (Å²) in [4.78, 5) is 0. The molecule has 88 valence electrons. The lowest BCUT2D eigenvalue weighted by Crippen LogP contribution is -2.50. The van der Waals surface area contributed by atoms with E-state index in [1.165, 1.54) is 37.7 Å². The molecule has 4 N–H and O–H groups in total. The fourth-order valence-electron chi connectivity index (χ4n) is 3.05. The molecule has 0 bridgehead atoms. The standard InChI is InChI=1S/C14H22N2/c15-11-13(16)14(9-5-2-6-10-14)12-7-3-1-4-8-12/h1,3-4,7-8,13H,2,5-6,9-11,15-16H2. The molecule has 0 heterocycles. The summed E-state index contributed by atoms with van der Waals surface area (Å²) >= 11 is 0. The van der Waals surface area contributed by atoms with E-state index in [-0.39, 0.29) is 11.5 Å². The average molecular weight is 218 g/mol. The van der Waals surface area contributed by atoms with Gasteiger partial charge in [-0.25, -0.2) is 0 Å². The molecule has 0 saturated heterocycles. The van der Waals surface area contributed by atoms with Crippen molar-refractivity contribution >= 4 is 0 Å². The maximum Gasteiger partial charge on any atom is 0.0261 e. The topological polar surface area (TPSA) is 52.0 Å². The van der Waals surface area contributed by atoms with E-state index in [2.05, 4.69) is 30.3 Å². The molecule has 1 atom stereocenters. The molecule has 0 amide bonds. The van der Waals surface area contributed by atoms with Crippen LogP contribution in [0.1, 0.15) is 37.7 Å². The van der Waals surface area contributed by atoms with Crippen molar-refractivity contribution in [2.24, 2.45) is 11.5 Å². The monoisotopic (exact) mass is 218 g/mol. The number of nitrogens with two attached hydrogens (primary N) is 2. The molecule has 1 unspecified atom stereocenters. The third-order valence-electron chi connectivity index (χ3n) is 4.06. The molecule has 1 saturated carbocycles. The Morgan fingerprint density at radius 1 is 1.06 bits per heavy atom. The SMILES string of the molecule is NCC(N)C1(c2ccccc2)CCCCC1. The summed E-state index contributed by atoms with van der Waals surface area (Å²) in [6.45, 7) is 0.578. The van der Waals surface area contributed by atoms with Crippen molar-refractivity contribution in [2.75, 3.05) is 6.54 Å². The Morgan fingerprint density at radius 3 is 2.25 bits per heavy atom. The van der Waals surface area contributed by atoms with Crippen molar-refractivity contribution < 1.29 is 0 Å². The minimum Gasteiger partial charge on any atom is -0.329 e. The Labute approximate surface area is 98.0 Å². The van der Waals surface area contributed by atoms with Crippen LogP contribution in [-0.2, 0) is 5.41 Å². The van der Waals surface area contributed by atoms with E-state index < -0.39 is 0 Å². The maximum absolute atomic E-state index is 6.29. The molecule has 0 spiro atoms. The number of hydrogen-bond donors (Lipinski definition) is 2. The zero-order valence-electron chi connectivity index (χ0n) is 9.86. The first-order valence-corrected chi connectivity index (χ1v) is 6.31. The lowest BCUT2D eigenvalue weighted by atomic mass is 9.65. The van der Waals surface area contributed by atoms with Gasteiger partial charge in [-0.1, -0.05) is 49.6 Å². The fraction of sp³-hybridized carbons (Fsp3) is 0.571. The summed E-state index contributed by atoms with van der Waals surface area (Å²) in [7, 11) is 0. The number of hydrogen-bond acceptors (Lipinski definition) is 2. The summed E-state index contributed by atoms with van der Waals surface area (Å²) in [6.07, 6.45) is 6.28. The lowest BCUT2D eigenvalue weighted by Gasteiger charge is -2.42. The summed E-state index contributed by atoms with van der Waals surface area (Å²) < 4.78 is 0. The van der Waals surface area contributed by atoms with Crippen molar-refractivity contribution in [2.45, 2.75) is 43.6 Å². The molecule has 16 heavy (non-hydrogen) atoms. The highest BCUT2D eigenvalue weighted by Crippen LogP contribution is 2.41. The zero-order chi connectivity index (χ0) is 11.4. The summed E-state index contributed by atoms with van der Waals surface area (Å²) in [5, 5.41) is 0. The fourth-order valence-corrected chi connectivity index (χ4v) is 3.05. The summed E-state index contributed by atoms with van der Waals surface area (Å²) in [5.74, 6) is 0. The van der Waals surface area contributed by atoms with E-state index in [4.69, 9.17) is 11.5 Å². The van der Waals surface area contributed by atoms with Crippen LogP contribution in [0.4, 0.5) is 0 Å². The highest BCUT2D eigenvalue weighted by atomic mass is 14.8. The van der Waals surface area contributed by atoms with Crippen LogP contribution in [0.15, 0.2) is 30.3 Å². The molecule has 1 aliphatic carbocycles. The van der Waals surface area contributed by atoms with Gasteiger partial charge in [-0.2, -0.15) is 0 Å². The maximum atomic E-state index is 6.29. The summed E-state index contributed by atoms with van der Waals surface area (Å²) in [5.41, 5.74) is 13.6. The minimum absolute atomic E-state index is 0.0928. The Kier molecular flexibility index (Phi) is 3.62. The lowest BCUT2D eigenvalue weighted by molar-refractivity contribution is 0.245. The highest BCUT2D eigenvalue weighted by Gasteiger charge is 2.38. The van der Waals surface area contributed by atoms with Gasteiger partial charge < -0.3 is 11.5 Å². The van der Waals surface area contributed by atoms with Gasteiger partial charge in [0.25, 0.3) is 0 Å². The van der Waals surface area contributed by atoms with Crippen LogP contribution in [-0.4, -0.2) is 12.6 Å². The highest BCUT2D eigenvalue weighted by molar-refractivity contribution is 5.28. The normalized spacial score (nSPS) is 21.6. The van der Waals surface area contributed by atoms with Gasteiger partial charge in [0, 0.05) is 18.0 Å². The molecule has 1 aromatic rings. The third kappa shape index (κ3) is 2.00. The van der Waals surface area contributed by atoms with Gasteiger partial charge >= 0.3 is 0 Å². The van der Waals surface area contributed by atoms with E-state index in [0.29, 0.717) is 6.54 Å². The Bertz CT molecular complexity index is 315. The molecule has 1 fully saturated rings. The zero-order valence-corrected chi connectivity index (χ0v) is 9.86. The van der Waals surface area contributed by atoms with Gasteiger partial charge in [-0.15, -0.1) is 0 Å². The second kappa shape index (κ2) is 4.98. The predicted molar refractivity (Wildman–Crippen MR) is 68.2 cm³/mol. The van der Waals surface area contributed by atoms with E-state index in [1.807, 2.05) is 0 Å². The Morgan fingerprint density at radius 2 is 1.69 bits per heavy atom. The van der Waals surface area contributed by atoms with Crippen molar-refractivity contribution in [3.8, 4) is 0 Å². The first-order valence-electron chi connectivity index (χ1n) is 6.31. The first-order chi connectivity index (χ1) is 7.79. The molecular weight excluding hydrogens is 196 g/mol. The Balaban J connectivity index is 2.34. The van der Waals surface area contributed by atoms with Gasteiger partial charge in [0.2, 0.25) is 0 Å². The second-order valence-electron chi connectivity index (χ2n) is 4.93. The molecule has 0 aromatic heterocycles. The van der Waals surface area contributed by atoms with Crippen molar-refractivity contribution in [1.82, 2.24) is 0 Å². The predicted octanol–water partition coefficient (Wildman–Crippen LogP) is 2.17. The molecule has 2 heteroatoms. The van der Waals surface area contributed by atoms with Crippen molar-refractivity contribution in [1.29, 1.82) is 0 Å². The minimum atomic E-state index is 0.0928. The van der Waals surface area contributed by atoms with Gasteiger partial charge in [0.15, 0.2) is 0 Å². The van der Waals surface area contributed by atoms with Crippen LogP contribution in [0.2, 0.25) is 0 Å². The number of rotatable bonds is 3. The van der Waals surface area contributed by atoms with Gasteiger partial charge in [-0.3, -0.25) is 0 Å². The smallest absolute Gasteiger partial charge is 0.0261 e. The molecule has 2 nitrogen and oxygen atoms in total. The molecule has 1 aromatic carbocycles. The van der Waals surface area contributed by atoms with Crippen molar-refractivity contribution in [3.63, 3.8) is 0 Å². The second-order valence-corrected chi connectivity index (χ2v) is 4.93. The van der Waals surface area contributed by atoms with E-state index in [9.17, 15) is 0 Å². The van der Waals surface area contributed by atoms with Crippen LogP contribution in [0.25, 0.3) is 0 Å². The molecule has 0 radical (unpaired) electrons. The van der Waals surface area contributed by atoms with E-state index in [1.54, 1.807) is 0 Å². The van der Waals surface area contributed by atoms with Crippen LogP contribution in [0, 0.1) is 0 Å². The van der Waals surface area contributed by atoms with Gasteiger partial charge in [-0.05, 0) is 18.4 Å². The molecule has 0 aliphatic heterocycles. The molecular formula is C14H22N2. The molecule has 2 rings (SSSR count). The largest absolute Gasteiger partial charge is 0.329 e. The van der Waals surface area contributed by atoms with Crippen LogP contribution in [0.3, 0.4) is 0 Å². The van der Waals surface area contributed by atoms with Crippen LogP contribution >= 0.6 is 0 Å². The first kappa shape index (κ1) is 11.6. The number of benzene rings is 1. The summed E-state index contributed by atoms with van der Waals surface area (Å²) in [6, 6.07) is 10.8. The van der Waals surface area contributed by atoms with E-state index >= 15 is 0 Å². The third-order valence-corrected chi connectivity index (χ3v) is 4.06. The van der Waals surface area contributed by atoms with Gasteiger partial charge in [0.1, 0.15) is 0 Å². The van der Waals surface area contributed by atoms with Crippen molar-refractivity contribution in [3.05, 3.63) is 35.9 Å². The van der Waals surface area contributed by atoms with Crippen LogP contribution in [0.5, 0.6) is 0 Å². The van der Waals surface area contributed by atoms with E-state index in [0.717, 1.165) is 0 Å². The molecule has 1 aliphatic rings. The quantitative estimate of drug-likeness (QED) is 0.817. The average Bonchev–Trinajstić information content (AvgIpc) is 2.39.